The molecule has 0 heterocycles. The molecule has 0 bridgehead atoms. The third kappa shape index (κ3) is 4.96. The SMILES string of the molecule is C=CCc1cc(CNC2CC(N(CC)CC(=O)O)C2)cc(OC)c1O. The summed E-state index contributed by atoms with van der Waals surface area (Å²) in [6.45, 7) is 7.25. The van der Waals surface area contributed by atoms with Crippen LogP contribution in [0.15, 0.2) is 24.8 Å². The van der Waals surface area contributed by atoms with Gasteiger partial charge in [0.25, 0.3) is 0 Å². The summed E-state index contributed by atoms with van der Waals surface area (Å²) in [5.74, 6) is -0.132. The van der Waals surface area contributed by atoms with Gasteiger partial charge in [-0.1, -0.05) is 19.1 Å². The fourth-order valence-corrected chi connectivity index (χ4v) is 3.29. The van der Waals surface area contributed by atoms with Crippen LogP contribution in [0.25, 0.3) is 0 Å². The molecule has 0 radical (unpaired) electrons. The highest BCUT2D eigenvalue weighted by molar-refractivity contribution is 5.69. The van der Waals surface area contributed by atoms with Crippen molar-refractivity contribution in [2.75, 3.05) is 20.2 Å². The number of allylic oxidation sites excluding steroid dienone is 1. The number of nitrogens with one attached hydrogen (secondary N) is 1. The van der Waals surface area contributed by atoms with Gasteiger partial charge in [0.2, 0.25) is 0 Å². The van der Waals surface area contributed by atoms with Crippen LogP contribution >= 0.6 is 0 Å². The number of likely N-dealkylation sites (N-methyl/N-ethyl adjacent to an activating group) is 1. The van der Waals surface area contributed by atoms with Crippen molar-refractivity contribution in [3.05, 3.63) is 35.9 Å². The summed E-state index contributed by atoms with van der Waals surface area (Å²) in [6.07, 6.45) is 4.25. The number of carboxylic acids is 1. The highest BCUT2D eigenvalue weighted by Gasteiger charge is 2.33. The molecule has 1 saturated carbocycles. The number of phenols is 1. The van der Waals surface area contributed by atoms with Crippen molar-refractivity contribution in [1.29, 1.82) is 0 Å². The molecule has 1 fully saturated rings. The summed E-state index contributed by atoms with van der Waals surface area (Å²) in [5.41, 5.74) is 1.85. The molecule has 6 heteroatoms. The normalized spacial score (nSPS) is 19.5. The van der Waals surface area contributed by atoms with E-state index in [0.29, 0.717) is 30.8 Å². The largest absolute Gasteiger partial charge is 0.504 e. The topological polar surface area (TPSA) is 82.0 Å². The Balaban J connectivity index is 1.89. The lowest BCUT2D eigenvalue weighted by Gasteiger charge is -2.42. The van der Waals surface area contributed by atoms with E-state index >= 15 is 0 Å². The molecule has 6 nitrogen and oxygen atoms in total. The van der Waals surface area contributed by atoms with Crippen molar-refractivity contribution in [2.24, 2.45) is 0 Å². The summed E-state index contributed by atoms with van der Waals surface area (Å²) < 4.78 is 5.25. The summed E-state index contributed by atoms with van der Waals surface area (Å²) in [6, 6.07) is 4.53. The predicted molar refractivity (Wildman–Crippen MR) is 97.1 cm³/mol. The molecule has 25 heavy (non-hydrogen) atoms. The van der Waals surface area contributed by atoms with E-state index in [2.05, 4.69) is 11.9 Å². The highest BCUT2D eigenvalue weighted by Crippen LogP contribution is 2.32. The molecule has 0 saturated heterocycles. The number of rotatable bonds is 10. The molecular weight excluding hydrogens is 320 g/mol. The molecule has 3 N–H and O–H groups in total. The molecule has 2 rings (SSSR count). The Morgan fingerprint density at radius 3 is 2.76 bits per heavy atom. The van der Waals surface area contributed by atoms with Gasteiger partial charge < -0.3 is 20.3 Å². The average molecular weight is 348 g/mol. The van der Waals surface area contributed by atoms with E-state index < -0.39 is 5.97 Å². The zero-order valence-electron chi connectivity index (χ0n) is 15.0. The van der Waals surface area contributed by atoms with Crippen molar-refractivity contribution in [2.45, 2.75) is 44.8 Å². The van der Waals surface area contributed by atoms with E-state index in [9.17, 15) is 9.90 Å². The van der Waals surface area contributed by atoms with Crippen LogP contribution in [0.5, 0.6) is 11.5 Å². The quantitative estimate of drug-likeness (QED) is 0.562. The summed E-state index contributed by atoms with van der Waals surface area (Å²) in [7, 11) is 1.54. The average Bonchev–Trinajstić information content (AvgIpc) is 2.54. The van der Waals surface area contributed by atoms with E-state index in [4.69, 9.17) is 9.84 Å². The van der Waals surface area contributed by atoms with Crippen LogP contribution in [0, 0.1) is 0 Å². The predicted octanol–water partition coefficient (Wildman–Crippen LogP) is 2.16. The maximum Gasteiger partial charge on any atom is 0.317 e. The Bertz CT molecular complexity index is 612. The monoisotopic (exact) mass is 348 g/mol. The highest BCUT2D eigenvalue weighted by atomic mass is 16.5. The van der Waals surface area contributed by atoms with Crippen LogP contribution in [-0.4, -0.2) is 53.4 Å². The Morgan fingerprint density at radius 2 is 2.20 bits per heavy atom. The molecule has 0 aromatic heterocycles. The Morgan fingerprint density at radius 1 is 1.48 bits per heavy atom. The molecule has 1 aliphatic rings. The van der Waals surface area contributed by atoms with Crippen molar-refractivity contribution in [3.63, 3.8) is 0 Å². The Kier molecular flexibility index (Phi) is 6.84. The lowest BCUT2D eigenvalue weighted by atomic mass is 9.85. The van der Waals surface area contributed by atoms with Crippen molar-refractivity contribution < 1.29 is 19.7 Å². The molecule has 138 valence electrons. The van der Waals surface area contributed by atoms with Gasteiger partial charge in [0, 0.05) is 24.2 Å². The second-order valence-corrected chi connectivity index (χ2v) is 6.46. The Labute approximate surface area is 149 Å². The summed E-state index contributed by atoms with van der Waals surface area (Å²) >= 11 is 0. The van der Waals surface area contributed by atoms with Gasteiger partial charge in [-0.2, -0.15) is 0 Å². The van der Waals surface area contributed by atoms with Crippen LogP contribution in [0.3, 0.4) is 0 Å². The van der Waals surface area contributed by atoms with Crippen LogP contribution in [0.1, 0.15) is 30.9 Å². The molecule has 0 amide bonds. The minimum absolute atomic E-state index is 0.105. The maximum atomic E-state index is 10.9. The Hall–Kier alpha value is -2.05. The van der Waals surface area contributed by atoms with Gasteiger partial charge in [-0.25, -0.2) is 0 Å². The van der Waals surface area contributed by atoms with Gasteiger partial charge in [0.15, 0.2) is 11.5 Å². The standard InChI is InChI=1S/C19H28N2O4/c1-4-6-14-7-13(8-17(25-3)19(14)24)11-20-15-9-16(10-15)21(5-2)12-18(22)23/h4,7-8,15-16,20,24H,1,5-6,9-12H2,2-3H3,(H,22,23). The number of aliphatic carboxylic acids is 1. The number of phenolic OH excluding ortho intramolecular Hbond substituents is 1. The molecule has 0 spiro atoms. The molecular formula is C19H28N2O4. The number of nitrogens with zero attached hydrogens (tertiary/aromatic N) is 1. The van der Waals surface area contributed by atoms with Crippen molar-refractivity contribution in [3.8, 4) is 11.5 Å². The number of hydrogen-bond donors (Lipinski definition) is 3. The fourth-order valence-electron chi connectivity index (χ4n) is 3.29. The zero-order chi connectivity index (χ0) is 18.4. The molecule has 0 atom stereocenters. The van der Waals surface area contributed by atoms with Crippen LogP contribution in [0.4, 0.5) is 0 Å². The first-order chi connectivity index (χ1) is 12.0. The van der Waals surface area contributed by atoms with Gasteiger partial charge >= 0.3 is 5.97 Å². The third-order valence-corrected chi connectivity index (χ3v) is 4.77. The first kappa shape index (κ1) is 19.3. The second-order valence-electron chi connectivity index (χ2n) is 6.46. The first-order valence-corrected chi connectivity index (χ1v) is 8.67. The minimum Gasteiger partial charge on any atom is -0.504 e. The van der Waals surface area contributed by atoms with E-state index in [1.807, 2.05) is 24.0 Å². The number of benzene rings is 1. The van der Waals surface area contributed by atoms with Gasteiger partial charge in [-0.3, -0.25) is 9.69 Å². The first-order valence-electron chi connectivity index (χ1n) is 8.67. The van der Waals surface area contributed by atoms with E-state index in [0.717, 1.165) is 30.5 Å². The van der Waals surface area contributed by atoms with Crippen LogP contribution in [-0.2, 0) is 17.8 Å². The maximum absolute atomic E-state index is 10.9. The zero-order valence-corrected chi connectivity index (χ0v) is 15.0. The van der Waals surface area contributed by atoms with Gasteiger partial charge in [0.05, 0.1) is 13.7 Å². The van der Waals surface area contributed by atoms with Gasteiger partial charge in [0.1, 0.15) is 0 Å². The van der Waals surface area contributed by atoms with Gasteiger partial charge in [-0.15, -0.1) is 6.58 Å². The van der Waals surface area contributed by atoms with Crippen molar-refractivity contribution >= 4 is 5.97 Å². The van der Waals surface area contributed by atoms with Crippen LogP contribution in [0.2, 0.25) is 0 Å². The third-order valence-electron chi connectivity index (χ3n) is 4.77. The fraction of sp³-hybridized carbons (Fsp3) is 0.526. The number of hydrogen-bond acceptors (Lipinski definition) is 5. The smallest absolute Gasteiger partial charge is 0.317 e. The number of carboxylic acid groups (broad SMARTS) is 1. The van der Waals surface area contributed by atoms with E-state index in [-0.39, 0.29) is 12.3 Å². The number of ether oxygens (including phenoxy) is 1. The minimum atomic E-state index is -0.774. The van der Waals surface area contributed by atoms with Gasteiger partial charge in [-0.05, 0) is 37.4 Å². The van der Waals surface area contributed by atoms with Crippen LogP contribution < -0.4 is 10.1 Å². The molecule has 0 unspecified atom stereocenters. The van der Waals surface area contributed by atoms with Crippen molar-refractivity contribution in [1.82, 2.24) is 10.2 Å². The summed E-state index contributed by atoms with van der Waals surface area (Å²) in [4.78, 5) is 12.9. The summed E-state index contributed by atoms with van der Waals surface area (Å²) in [5, 5.41) is 22.6. The number of carbonyl (C=O) groups is 1. The lowest BCUT2D eigenvalue weighted by molar-refractivity contribution is -0.139. The molecule has 1 aromatic carbocycles. The van der Waals surface area contributed by atoms with E-state index in [1.54, 1.807) is 13.2 Å². The second kappa shape index (κ2) is 8.87. The number of methoxy groups -OCH3 is 1. The lowest BCUT2D eigenvalue weighted by Crippen LogP contribution is -2.53. The number of aromatic hydroxyl groups is 1. The molecule has 0 aliphatic heterocycles. The van der Waals surface area contributed by atoms with E-state index in [1.165, 1.54) is 0 Å². The molecule has 1 aromatic rings. The molecule has 1 aliphatic carbocycles.